The molecule has 0 spiro atoms. The highest BCUT2D eigenvalue weighted by molar-refractivity contribution is 5.87. The van der Waals surface area contributed by atoms with Gasteiger partial charge in [-0.05, 0) is 18.6 Å². The fraction of sp³-hybridized carbons (Fsp3) is 0.316. The maximum Gasteiger partial charge on any atom is 0.335 e. The van der Waals surface area contributed by atoms with Gasteiger partial charge in [-0.2, -0.15) is 0 Å². The highest BCUT2D eigenvalue weighted by Gasteiger charge is 2.24. The van der Waals surface area contributed by atoms with Gasteiger partial charge in [0.25, 0.3) is 0 Å². The Bertz CT molecular complexity index is 543. The summed E-state index contributed by atoms with van der Waals surface area (Å²) in [7, 11) is 0. The molecule has 0 aromatic heterocycles. The van der Waals surface area contributed by atoms with Gasteiger partial charge in [0.15, 0.2) is 0 Å². The van der Waals surface area contributed by atoms with Gasteiger partial charge in [0.05, 0.1) is 25.4 Å². The first-order valence-corrected chi connectivity index (χ1v) is 7.91. The lowest BCUT2D eigenvalue weighted by molar-refractivity contribution is -0.132. The number of rotatable bonds is 7. The molecule has 0 saturated heterocycles. The maximum atomic E-state index is 10.2. The molecule has 0 amide bonds. The van der Waals surface area contributed by atoms with Gasteiger partial charge in [-0.1, -0.05) is 38.3 Å². The Morgan fingerprint density at radius 1 is 0.857 bits per heavy atom. The second-order valence-corrected chi connectivity index (χ2v) is 5.08. The lowest BCUT2D eigenvalue weighted by Gasteiger charge is -2.24. The summed E-state index contributed by atoms with van der Waals surface area (Å²) in [6, 6.07) is 8.30. The number of hydrogen-bond acceptors (Lipinski definition) is 6. The van der Waals surface area contributed by atoms with Gasteiger partial charge in [0, 0.05) is 17.6 Å². The van der Waals surface area contributed by atoms with Gasteiger partial charge >= 0.3 is 17.9 Å². The Kier molecular flexibility index (Phi) is 19.9. The largest absolute Gasteiger partial charge is 0.478 e. The van der Waals surface area contributed by atoms with E-state index < -0.39 is 23.3 Å². The Morgan fingerprint density at radius 3 is 1.29 bits per heavy atom. The zero-order chi connectivity index (χ0) is 22.6. The highest BCUT2D eigenvalue weighted by Crippen LogP contribution is 2.18. The molecule has 0 atom stereocenters. The average molecular weight is 400 g/mol. The molecule has 9 heteroatoms. The number of benzene rings is 1. The zero-order valence-electron chi connectivity index (χ0n) is 15.7. The second-order valence-electron chi connectivity index (χ2n) is 5.08. The fourth-order valence-corrected chi connectivity index (χ4v) is 1.07. The summed E-state index contributed by atoms with van der Waals surface area (Å²) in [5.41, 5.74) is -0.336. The molecule has 6 N–H and O–H groups in total. The van der Waals surface area contributed by atoms with Crippen molar-refractivity contribution in [2.45, 2.75) is 13.3 Å². The third-order valence-corrected chi connectivity index (χ3v) is 3.13. The molecule has 0 unspecified atom stereocenters. The minimum Gasteiger partial charge on any atom is -0.478 e. The number of carboxylic acid groups (broad SMARTS) is 3. The number of carboxylic acids is 3. The third-order valence-electron chi connectivity index (χ3n) is 3.13. The summed E-state index contributed by atoms with van der Waals surface area (Å²) in [6.07, 6.45) is 2.26. The molecule has 9 nitrogen and oxygen atoms in total. The summed E-state index contributed by atoms with van der Waals surface area (Å²) in [5, 5.41) is 49.6. The molecule has 0 heterocycles. The van der Waals surface area contributed by atoms with Crippen LogP contribution in [0, 0.1) is 5.41 Å². The van der Waals surface area contributed by atoms with E-state index in [2.05, 4.69) is 13.2 Å². The minimum atomic E-state index is -0.981. The second kappa shape index (κ2) is 18.8. The number of aliphatic hydroxyl groups is 3. The van der Waals surface area contributed by atoms with Crippen LogP contribution < -0.4 is 0 Å². The number of aliphatic hydroxyl groups excluding tert-OH is 3. The first-order valence-electron chi connectivity index (χ1n) is 7.91. The first-order chi connectivity index (χ1) is 13.1. The number of aromatic carboxylic acids is 1. The smallest absolute Gasteiger partial charge is 0.335 e. The van der Waals surface area contributed by atoms with Crippen molar-refractivity contribution in [2.24, 2.45) is 5.41 Å². The predicted molar refractivity (Wildman–Crippen MR) is 103 cm³/mol. The van der Waals surface area contributed by atoms with Crippen molar-refractivity contribution in [3.05, 3.63) is 61.2 Å². The molecule has 0 aliphatic carbocycles. The van der Waals surface area contributed by atoms with E-state index in [4.69, 9.17) is 30.6 Å². The van der Waals surface area contributed by atoms with E-state index in [0.29, 0.717) is 12.0 Å². The van der Waals surface area contributed by atoms with Crippen LogP contribution in [0.5, 0.6) is 0 Å². The minimum absolute atomic E-state index is 0.156. The van der Waals surface area contributed by atoms with Crippen LogP contribution in [0.3, 0.4) is 0 Å². The quantitative estimate of drug-likeness (QED) is 0.368. The molecule has 28 heavy (non-hydrogen) atoms. The van der Waals surface area contributed by atoms with E-state index in [9.17, 15) is 14.4 Å². The standard InChI is InChI=1S/C7H6O2.C6H14O3.2C3H4O2/c8-7(9)6-4-2-1-3-5-6;1-2-6(3-7,4-8)5-9;2*1-2-3(4)5/h1-5H,(H,8,9);7-9H,2-5H2,1H3;2*2H,1H2,(H,4,5). The number of carbonyl (C=O) groups is 3. The fourth-order valence-electron chi connectivity index (χ4n) is 1.07. The summed E-state index contributed by atoms with van der Waals surface area (Å²) in [4.78, 5) is 28.7. The average Bonchev–Trinajstić information content (AvgIpc) is 2.72. The van der Waals surface area contributed by atoms with Crippen LogP contribution in [-0.4, -0.2) is 68.4 Å². The van der Waals surface area contributed by atoms with Crippen molar-refractivity contribution in [1.29, 1.82) is 0 Å². The molecule has 1 aromatic carbocycles. The SMILES string of the molecule is C=CC(=O)O.C=CC(=O)O.CCC(CO)(CO)CO.O=C(O)c1ccccc1. The van der Waals surface area contributed by atoms with Crippen LogP contribution in [0.2, 0.25) is 0 Å². The van der Waals surface area contributed by atoms with E-state index in [1.54, 1.807) is 30.3 Å². The molecular weight excluding hydrogens is 372 g/mol. The van der Waals surface area contributed by atoms with Gasteiger partial charge in [0.1, 0.15) is 0 Å². The Balaban J connectivity index is -0.000000311. The summed E-state index contributed by atoms with van der Waals surface area (Å²) in [5.74, 6) is -2.84. The zero-order valence-corrected chi connectivity index (χ0v) is 15.7. The van der Waals surface area contributed by atoms with Crippen molar-refractivity contribution in [3.63, 3.8) is 0 Å². The summed E-state index contributed by atoms with van der Waals surface area (Å²) < 4.78 is 0. The van der Waals surface area contributed by atoms with Gasteiger partial charge in [-0.3, -0.25) is 0 Å². The van der Waals surface area contributed by atoms with Crippen molar-refractivity contribution in [2.75, 3.05) is 19.8 Å². The molecule has 158 valence electrons. The van der Waals surface area contributed by atoms with Gasteiger partial charge in [-0.15, -0.1) is 0 Å². The van der Waals surface area contributed by atoms with E-state index >= 15 is 0 Å². The van der Waals surface area contributed by atoms with E-state index in [1.807, 2.05) is 6.92 Å². The molecule has 0 radical (unpaired) electrons. The van der Waals surface area contributed by atoms with Crippen LogP contribution in [0.25, 0.3) is 0 Å². The normalized spacial score (nSPS) is 9.00. The van der Waals surface area contributed by atoms with E-state index in [1.165, 1.54) is 0 Å². The van der Waals surface area contributed by atoms with Crippen LogP contribution in [-0.2, 0) is 9.59 Å². The predicted octanol–water partition coefficient (Wildman–Crippen LogP) is 1.26. The molecule has 1 rings (SSSR count). The monoisotopic (exact) mass is 400 g/mol. The Morgan fingerprint density at radius 2 is 1.18 bits per heavy atom. The summed E-state index contributed by atoms with van der Waals surface area (Å²) in [6.45, 7) is 7.27. The van der Waals surface area contributed by atoms with Gasteiger partial charge in [-0.25, -0.2) is 14.4 Å². The molecule has 1 aromatic rings. The Hall–Kier alpha value is -3.01. The van der Waals surface area contributed by atoms with Gasteiger partial charge < -0.3 is 30.6 Å². The first kappa shape index (κ1) is 29.7. The van der Waals surface area contributed by atoms with Crippen LogP contribution in [0.15, 0.2) is 55.6 Å². The molecule has 0 bridgehead atoms. The number of aliphatic carboxylic acids is 2. The number of hydrogen-bond donors (Lipinski definition) is 6. The van der Waals surface area contributed by atoms with Crippen LogP contribution >= 0.6 is 0 Å². The van der Waals surface area contributed by atoms with Crippen molar-refractivity contribution in [1.82, 2.24) is 0 Å². The van der Waals surface area contributed by atoms with Crippen molar-refractivity contribution >= 4 is 17.9 Å². The molecule has 0 aliphatic heterocycles. The third kappa shape index (κ3) is 17.8. The maximum absolute atomic E-state index is 10.2. The van der Waals surface area contributed by atoms with Gasteiger partial charge in [0.2, 0.25) is 0 Å². The summed E-state index contributed by atoms with van der Waals surface area (Å²) >= 11 is 0. The van der Waals surface area contributed by atoms with Crippen molar-refractivity contribution in [3.8, 4) is 0 Å². The molecule has 0 aliphatic rings. The van der Waals surface area contributed by atoms with Crippen LogP contribution in [0.1, 0.15) is 23.7 Å². The topological polar surface area (TPSA) is 173 Å². The Labute approximate surface area is 163 Å². The highest BCUT2D eigenvalue weighted by atomic mass is 16.4. The van der Waals surface area contributed by atoms with Crippen LogP contribution in [0.4, 0.5) is 0 Å². The lowest BCUT2D eigenvalue weighted by atomic mass is 9.88. The molecule has 0 saturated carbocycles. The van der Waals surface area contributed by atoms with E-state index in [-0.39, 0.29) is 19.8 Å². The lowest BCUT2D eigenvalue weighted by Crippen LogP contribution is -2.32. The van der Waals surface area contributed by atoms with E-state index in [0.717, 1.165) is 12.2 Å². The molecular formula is C19H28O9. The van der Waals surface area contributed by atoms with Crippen molar-refractivity contribution < 1.29 is 45.0 Å². The molecule has 0 fully saturated rings.